The Morgan fingerprint density at radius 2 is 2.17 bits per heavy atom. The molecule has 0 saturated carbocycles. The molecule has 2 aliphatic rings. The van der Waals surface area contributed by atoms with Crippen LogP contribution in [-0.4, -0.2) is 32.2 Å². The van der Waals surface area contributed by atoms with E-state index in [1.165, 1.54) is 0 Å². The Balaban J connectivity index is 2.27. The highest BCUT2D eigenvalue weighted by molar-refractivity contribution is 6.11. The van der Waals surface area contributed by atoms with Gasteiger partial charge in [-0.1, -0.05) is 20.8 Å². The van der Waals surface area contributed by atoms with Gasteiger partial charge in [0.05, 0.1) is 18.3 Å². The minimum absolute atomic E-state index is 0.107. The summed E-state index contributed by atoms with van der Waals surface area (Å²) < 4.78 is 11.4. The van der Waals surface area contributed by atoms with Gasteiger partial charge in [0.1, 0.15) is 7.85 Å². The average Bonchev–Trinajstić information content (AvgIpc) is 2.42. The second-order valence-corrected chi connectivity index (χ2v) is 4.26. The molecule has 12 heavy (non-hydrogen) atoms. The summed E-state index contributed by atoms with van der Waals surface area (Å²) in [5.74, 6) is 0.915. The molecule has 2 unspecified atom stereocenters. The highest BCUT2D eigenvalue weighted by atomic mass is 16.6. The molecule has 2 saturated heterocycles. The third-order valence-electron chi connectivity index (χ3n) is 3.42. The van der Waals surface area contributed by atoms with Crippen molar-refractivity contribution in [2.24, 2.45) is 11.8 Å². The number of ether oxygens (including phenoxy) is 2. The minimum Gasteiger partial charge on any atom is -0.376 e. The first-order chi connectivity index (χ1) is 5.58. The standard InChI is InChI=1S/C9H15BO2/c1-5(2)9-4-11-7(6(9)3)8(10)12-9/h5-8H,4H2,1-3H3/t6?,7?,8-,9+/m1/s1. The summed E-state index contributed by atoms with van der Waals surface area (Å²) in [7, 11) is 5.79. The summed E-state index contributed by atoms with van der Waals surface area (Å²) in [6, 6.07) is -0.212. The molecular weight excluding hydrogens is 151 g/mol. The van der Waals surface area contributed by atoms with E-state index < -0.39 is 0 Å². The van der Waals surface area contributed by atoms with Crippen LogP contribution in [0.3, 0.4) is 0 Å². The largest absolute Gasteiger partial charge is 0.376 e. The zero-order valence-electron chi connectivity index (χ0n) is 7.91. The molecular formula is C9H15BO2. The molecule has 2 bridgehead atoms. The van der Waals surface area contributed by atoms with Gasteiger partial charge in [-0.3, -0.25) is 0 Å². The Bertz CT molecular complexity index is 195. The van der Waals surface area contributed by atoms with Gasteiger partial charge in [-0.05, 0) is 5.92 Å². The van der Waals surface area contributed by atoms with Crippen molar-refractivity contribution in [3.8, 4) is 0 Å². The highest BCUT2D eigenvalue weighted by Crippen LogP contribution is 2.47. The number of fused-ring (bicyclic) bond motifs is 2. The van der Waals surface area contributed by atoms with E-state index in [9.17, 15) is 0 Å². The summed E-state index contributed by atoms with van der Waals surface area (Å²) in [5.41, 5.74) is -0.107. The molecule has 66 valence electrons. The van der Waals surface area contributed by atoms with Gasteiger partial charge < -0.3 is 9.47 Å². The fourth-order valence-electron chi connectivity index (χ4n) is 2.45. The van der Waals surface area contributed by atoms with Crippen molar-refractivity contribution in [2.75, 3.05) is 6.61 Å². The van der Waals surface area contributed by atoms with Crippen LogP contribution in [0.5, 0.6) is 0 Å². The van der Waals surface area contributed by atoms with Gasteiger partial charge in [0.15, 0.2) is 0 Å². The van der Waals surface area contributed by atoms with Crippen molar-refractivity contribution in [2.45, 2.75) is 38.5 Å². The lowest BCUT2D eigenvalue weighted by molar-refractivity contribution is -0.134. The van der Waals surface area contributed by atoms with E-state index in [1.54, 1.807) is 0 Å². The predicted molar refractivity (Wildman–Crippen MR) is 47.1 cm³/mol. The first-order valence-corrected chi connectivity index (χ1v) is 4.63. The van der Waals surface area contributed by atoms with Crippen LogP contribution in [-0.2, 0) is 9.47 Å². The van der Waals surface area contributed by atoms with Crippen LogP contribution in [0.4, 0.5) is 0 Å². The van der Waals surface area contributed by atoms with E-state index in [0.717, 1.165) is 0 Å². The van der Waals surface area contributed by atoms with Gasteiger partial charge >= 0.3 is 0 Å². The zero-order chi connectivity index (χ0) is 8.93. The van der Waals surface area contributed by atoms with Crippen molar-refractivity contribution >= 4 is 7.85 Å². The first kappa shape index (κ1) is 8.58. The maximum atomic E-state index is 5.79. The Morgan fingerprint density at radius 3 is 2.42 bits per heavy atom. The Labute approximate surface area is 75.0 Å². The Morgan fingerprint density at radius 1 is 1.50 bits per heavy atom. The molecule has 2 aliphatic heterocycles. The molecule has 0 aromatic rings. The maximum Gasteiger partial charge on any atom is 0.112 e. The van der Waals surface area contributed by atoms with Crippen LogP contribution >= 0.6 is 0 Å². The Kier molecular flexibility index (Phi) is 1.78. The molecule has 4 atom stereocenters. The molecule has 0 aromatic carbocycles. The molecule has 3 heteroatoms. The van der Waals surface area contributed by atoms with Crippen molar-refractivity contribution in [1.82, 2.24) is 0 Å². The van der Waals surface area contributed by atoms with Crippen LogP contribution in [0, 0.1) is 11.8 Å². The van der Waals surface area contributed by atoms with Gasteiger partial charge in [-0.15, -0.1) is 0 Å². The summed E-state index contributed by atoms with van der Waals surface area (Å²) in [6.45, 7) is 7.22. The van der Waals surface area contributed by atoms with E-state index in [0.29, 0.717) is 18.4 Å². The molecule has 2 fully saturated rings. The van der Waals surface area contributed by atoms with Gasteiger partial charge in [0, 0.05) is 11.9 Å². The molecule has 2 nitrogen and oxygen atoms in total. The molecule has 0 spiro atoms. The smallest absolute Gasteiger partial charge is 0.112 e. The van der Waals surface area contributed by atoms with Gasteiger partial charge in [-0.2, -0.15) is 0 Å². The Hall–Kier alpha value is -0.0151. The normalized spacial score (nSPS) is 52.2. The molecule has 2 heterocycles. The van der Waals surface area contributed by atoms with E-state index >= 15 is 0 Å². The number of rotatable bonds is 1. The lowest BCUT2D eigenvalue weighted by Gasteiger charge is -2.34. The summed E-state index contributed by atoms with van der Waals surface area (Å²) in [5, 5.41) is 0. The van der Waals surface area contributed by atoms with E-state index in [1.807, 2.05) is 0 Å². The zero-order valence-corrected chi connectivity index (χ0v) is 7.91. The highest BCUT2D eigenvalue weighted by Gasteiger charge is 2.58. The quantitative estimate of drug-likeness (QED) is 0.539. The van der Waals surface area contributed by atoms with Crippen molar-refractivity contribution in [1.29, 1.82) is 0 Å². The van der Waals surface area contributed by atoms with Crippen LogP contribution in [0.1, 0.15) is 20.8 Å². The van der Waals surface area contributed by atoms with Crippen molar-refractivity contribution < 1.29 is 9.47 Å². The molecule has 0 aromatic heterocycles. The fraction of sp³-hybridized carbons (Fsp3) is 1.00. The third kappa shape index (κ3) is 0.840. The molecule has 2 radical (unpaired) electrons. The second kappa shape index (κ2) is 2.49. The summed E-state index contributed by atoms with van der Waals surface area (Å²) in [4.78, 5) is 0. The van der Waals surface area contributed by atoms with Crippen molar-refractivity contribution in [3.63, 3.8) is 0 Å². The third-order valence-corrected chi connectivity index (χ3v) is 3.42. The van der Waals surface area contributed by atoms with Crippen molar-refractivity contribution in [3.05, 3.63) is 0 Å². The first-order valence-electron chi connectivity index (χ1n) is 4.63. The topological polar surface area (TPSA) is 18.5 Å². The second-order valence-electron chi connectivity index (χ2n) is 4.26. The molecule has 0 N–H and O–H groups in total. The van der Waals surface area contributed by atoms with E-state index in [2.05, 4.69) is 20.8 Å². The molecule has 2 rings (SSSR count). The fourth-order valence-corrected chi connectivity index (χ4v) is 2.45. The lowest BCUT2D eigenvalue weighted by Crippen LogP contribution is -2.43. The number of hydrogen-bond donors (Lipinski definition) is 0. The van der Waals surface area contributed by atoms with Gasteiger partial charge in [0.2, 0.25) is 0 Å². The van der Waals surface area contributed by atoms with Crippen LogP contribution in [0.25, 0.3) is 0 Å². The van der Waals surface area contributed by atoms with Crippen LogP contribution in [0.2, 0.25) is 0 Å². The van der Waals surface area contributed by atoms with Gasteiger partial charge in [-0.25, -0.2) is 0 Å². The van der Waals surface area contributed by atoms with Gasteiger partial charge in [0.25, 0.3) is 0 Å². The lowest BCUT2D eigenvalue weighted by atomic mass is 9.80. The summed E-state index contributed by atoms with van der Waals surface area (Å²) in [6.07, 6.45) is 0.118. The SMILES string of the molecule is [B][C@@H]1O[C@]2(C(C)C)COC1C2C. The maximum absolute atomic E-state index is 5.79. The predicted octanol–water partition coefficient (Wildman–Crippen LogP) is 0.941. The van der Waals surface area contributed by atoms with E-state index in [-0.39, 0.29) is 17.7 Å². The number of hydrogen-bond acceptors (Lipinski definition) is 2. The monoisotopic (exact) mass is 166 g/mol. The van der Waals surface area contributed by atoms with Crippen LogP contribution < -0.4 is 0 Å². The average molecular weight is 166 g/mol. The van der Waals surface area contributed by atoms with Crippen LogP contribution in [0.15, 0.2) is 0 Å². The summed E-state index contributed by atoms with van der Waals surface area (Å²) >= 11 is 0. The molecule has 0 amide bonds. The minimum atomic E-state index is -0.212. The van der Waals surface area contributed by atoms with E-state index in [4.69, 9.17) is 17.3 Å². The molecule has 0 aliphatic carbocycles.